The third-order valence-corrected chi connectivity index (χ3v) is 2.45. The van der Waals surface area contributed by atoms with Gasteiger partial charge >= 0.3 is 12.1 Å². The van der Waals surface area contributed by atoms with Gasteiger partial charge in [-0.15, -0.1) is 5.10 Å². The Balaban J connectivity index is 2.15. The number of fused-ring (bicyclic) bond motifs is 1. The number of carbonyl (C=O) groups is 1. The molecule has 1 aliphatic rings. The monoisotopic (exact) mass is 264 g/mol. The van der Waals surface area contributed by atoms with E-state index in [0.717, 1.165) is 4.68 Å². The number of nitrogens with one attached hydrogen (secondary N) is 1. The molecule has 1 N–H and O–H groups in total. The van der Waals surface area contributed by atoms with E-state index in [1.165, 1.54) is 0 Å². The Morgan fingerprint density at radius 3 is 2.94 bits per heavy atom. The average Bonchev–Trinajstić information content (AvgIpc) is 2.71. The molecule has 0 fully saturated rings. The fourth-order valence-corrected chi connectivity index (χ4v) is 1.63. The summed E-state index contributed by atoms with van der Waals surface area (Å²) in [6, 6.07) is 0. The van der Waals surface area contributed by atoms with Gasteiger partial charge in [-0.3, -0.25) is 4.79 Å². The van der Waals surface area contributed by atoms with Crippen LogP contribution in [-0.4, -0.2) is 33.9 Å². The molecule has 0 amide bonds. The molecule has 0 saturated heterocycles. The van der Waals surface area contributed by atoms with E-state index in [4.69, 9.17) is 4.74 Å². The summed E-state index contributed by atoms with van der Waals surface area (Å²) in [5.41, 5.74) is 0. The highest BCUT2D eigenvalue weighted by Gasteiger charge is 2.38. The maximum atomic E-state index is 12.4. The Kier molecular flexibility index (Phi) is 3.14. The summed E-state index contributed by atoms with van der Waals surface area (Å²) in [5.74, 6) is -2.21. The SMILES string of the molecule is CCOC(=O)C1CNc2nc(C(F)(F)F)nn2C1. The molecule has 1 aliphatic heterocycles. The van der Waals surface area contributed by atoms with Gasteiger partial charge in [0.05, 0.1) is 19.1 Å². The second kappa shape index (κ2) is 4.46. The Hall–Kier alpha value is -1.80. The highest BCUT2D eigenvalue weighted by atomic mass is 19.4. The minimum atomic E-state index is -4.59. The van der Waals surface area contributed by atoms with Crippen molar-refractivity contribution < 1.29 is 22.7 Å². The van der Waals surface area contributed by atoms with Crippen LogP contribution in [0.5, 0.6) is 0 Å². The van der Waals surface area contributed by atoms with Crippen molar-refractivity contribution >= 4 is 11.9 Å². The van der Waals surface area contributed by atoms with Crippen LogP contribution in [0.1, 0.15) is 12.7 Å². The van der Waals surface area contributed by atoms with E-state index < -0.39 is 23.9 Å². The first kappa shape index (κ1) is 12.7. The van der Waals surface area contributed by atoms with Crippen LogP contribution in [-0.2, 0) is 22.3 Å². The van der Waals surface area contributed by atoms with E-state index >= 15 is 0 Å². The molecule has 1 unspecified atom stereocenters. The lowest BCUT2D eigenvalue weighted by Gasteiger charge is -2.21. The van der Waals surface area contributed by atoms with Crippen molar-refractivity contribution in [1.29, 1.82) is 0 Å². The Morgan fingerprint density at radius 2 is 2.33 bits per heavy atom. The van der Waals surface area contributed by atoms with Gasteiger partial charge in [-0.2, -0.15) is 18.2 Å². The van der Waals surface area contributed by atoms with Gasteiger partial charge < -0.3 is 10.1 Å². The molecule has 2 rings (SSSR count). The Labute approximate surface area is 100 Å². The molecule has 0 aromatic carbocycles. The molecule has 0 saturated carbocycles. The summed E-state index contributed by atoms with van der Waals surface area (Å²) in [6.45, 7) is 2.11. The first-order valence-corrected chi connectivity index (χ1v) is 5.34. The third kappa shape index (κ3) is 2.39. The summed E-state index contributed by atoms with van der Waals surface area (Å²) >= 11 is 0. The maximum absolute atomic E-state index is 12.4. The number of hydrogen-bond donors (Lipinski definition) is 1. The number of alkyl halides is 3. The number of rotatable bonds is 2. The van der Waals surface area contributed by atoms with Gasteiger partial charge in [-0.25, -0.2) is 4.68 Å². The Morgan fingerprint density at radius 1 is 1.61 bits per heavy atom. The molecule has 2 heterocycles. The van der Waals surface area contributed by atoms with Gasteiger partial charge in [0.2, 0.25) is 5.95 Å². The highest BCUT2D eigenvalue weighted by molar-refractivity contribution is 5.73. The smallest absolute Gasteiger partial charge is 0.453 e. The molecule has 18 heavy (non-hydrogen) atoms. The second-order valence-electron chi connectivity index (χ2n) is 3.77. The first-order valence-electron chi connectivity index (χ1n) is 5.34. The zero-order valence-electron chi connectivity index (χ0n) is 9.49. The molecule has 1 aromatic rings. The van der Waals surface area contributed by atoms with Gasteiger partial charge in [0.1, 0.15) is 0 Å². The van der Waals surface area contributed by atoms with Gasteiger partial charge in [-0.1, -0.05) is 0 Å². The third-order valence-electron chi connectivity index (χ3n) is 2.45. The summed E-state index contributed by atoms with van der Waals surface area (Å²) in [4.78, 5) is 14.8. The molecule has 1 aromatic heterocycles. The molecule has 9 heteroatoms. The number of ether oxygens (including phenoxy) is 1. The van der Waals surface area contributed by atoms with E-state index in [0.29, 0.717) is 0 Å². The molecule has 0 radical (unpaired) electrons. The lowest BCUT2D eigenvalue weighted by molar-refractivity contribution is -0.148. The summed E-state index contributed by atoms with van der Waals surface area (Å²) in [5, 5.41) is 5.96. The summed E-state index contributed by atoms with van der Waals surface area (Å²) in [6.07, 6.45) is -4.59. The minimum absolute atomic E-state index is 0.0165. The van der Waals surface area contributed by atoms with Gasteiger partial charge in [-0.05, 0) is 6.92 Å². The zero-order chi connectivity index (χ0) is 13.3. The number of anilines is 1. The van der Waals surface area contributed by atoms with Crippen molar-refractivity contribution in [1.82, 2.24) is 14.8 Å². The summed E-state index contributed by atoms with van der Waals surface area (Å²) in [7, 11) is 0. The van der Waals surface area contributed by atoms with E-state index in [1.54, 1.807) is 6.92 Å². The van der Waals surface area contributed by atoms with Gasteiger partial charge in [0.15, 0.2) is 0 Å². The molecule has 0 aliphatic carbocycles. The lowest BCUT2D eigenvalue weighted by Crippen LogP contribution is -2.34. The number of hydrogen-bond acceptors (Lipinski definition) is 5. The normalized spacial score (nSPS) is 19.0. The molecule has 6 nitrogen and oxygen atoms in total. The van der Waals surface area contributed by atoms with Gasteiger partial charge in [0, 0.05) is 6.54 Å². The molecular weight excluding hydrogens is 253 g/mol. The van der Waals surface area contributed by atoms with E-state index in [2.05, 4.69) is 15.4 Å². The van der Waals surface area contributed by atoms with Crippen LogP contribution >= 0.6 is 0 Å². The van der Waals surface area contributed by atoms with Crippen molar-refractivity contribution in [2.24, 2.45) is 5.92 Å². The molecule has 0 spiro atoms. The van der Waals surface area contributed by atoms with Crippen LogP contribution in [0.3, 0.4) is 0 Å². The average molecular weight is 264 g/mol. The van der Waals surface area contributed by atoms with Crippen LogP contribution in [0, 0.1) is 5.92 Å². The zero-order valence-corrected chi connectivity index (χ0v) is 9.49. The quantitative estimate of drug-likeness (QED) is 0.804. The molecular formula is C9H11F3N4O2. The van der Waals surface area contributed by atoms with Crippen molar-refractivity contribution in [3.63, 3.8) is 0 Å². The molecule has 100 valence electrons. The van der Waals surface area contributed by atoms with Crippen molar-refractivity contribution in [3.8, 4) is 0 Å². The van der Waals surface area contributed by atoms with Crippen LogP contribution in [0.15, 0.2) is 0 Å². The van der Waals surface area contributed by atoms with Crippen molar-refractivity contribution in [3.05, 3.63) is 5.82 Å². The van der Waals surface area contributed by atoms with E-state index in [-0.39, 0.29) is 25.6 Å². The van der Waals surface area contributed by atoms with Gasteiger partial charge in [0.25, 0.3) is 5.82 Å². The lowest BCUT2D eigenvalue weighted by atomic mass is 10.1. The van der Waals surface area contributed by atoms with Crippen LogP contribution in [0.2, 0.25) is 0 Å². The second-order valence-corrected chi connectivity index (χ2v) is 3.77. The number of halogens is 3. The fraction of sp³-hybridized carbons (Fsp3) is 0.667. The predicted molar refractivity (Wildman–Crippen MR) is 53.6 cm³/mol. The van der Waals surface area contributed by atoms with E-state index in [9.17, 15) is 18.0 Å². The van der Waals surface area contributed by atoms with Crippen LogP contribution < -0.4 is 5.32 Å². The standard InChI is InChI=1S/C9H11F3N4O2/c1-2-18-6(17)5-3-13-8-14-7(9(10,11)12)15-16(8)4-5/h5H,2-4H2,1H3,(H,13,14,15). The van der Waals surface area contributed by atoms with Crippen molar-refractivity contribution in [2.75, 3.05) is 18.5 Å². The number of nitrogens with zero attached hydrogens (tertiary/aromatic N) is 3. The van der Waals surface area contributed by atoms with E-state index in [1.807, 2.05) is 0 Å². The molecule has 1 atom stereocenters. The number of esters is 1. The van der Waals surface area contributed by atoms with Crippen LogP contribution in [0.25, 0.3) is 0 Å². The topological polar surface area (TPSA) is 69.0 Å². The molecule has 0 bridgehead atoms. The van der Waals surface area contributed by atoms with Crippen molar-refractivity contribution in [2.45, 2.75) is 19.6 Å². The highest BCUT2D eigenvalue weighted by Crippen LogP contribution is 2.28. The number of carbonyl (C=O) groups excluding carboxylic acids is 1. The summed E-state index contributed by atoms with van der Waals surface area (Å²) < 4.78 is 43.0. The number of aromatic nitrogens is 3. The predicted octanol–water partition coefficient (Wildman–Crippen LogP) is 0.902. The largest absolute Gasteiger partial charge is 0.466 e. The Bertz CT molecular complexity index is 457. The first-order chi connectivity index (χ1) is 8.41. The minimum Gasteiger partial charge on any atom is -0.466 e. The fourth-order valence-electron chi connectivity index (χ4n) is 1.63. The maximum Gasteiger partial charge on any atom is 0.453 e. The van der Waals surface area contributed by atoms with Crippen LogP contribution in [0.4, 0.5) is 19.1 Å².